The number of benzene rings is 1. The first kappa shape index (κ1) is 10.3. The monoisotopic (exact) mass is 228 g/mol. The second-order valence-electron chi connectivity index (χ2n) is 4.50. The molecular weight excluding hydrogens is 216 g/mol. The minimum absolute atomic E-state index is 0.147. The summed E-state index contributed by atoms with van der Waals surface area (Å²) in [6, 6.07) is 6.86. The first-order chi connectivity index (χ1) is 8.25. The third-order valence-corrected chi connectivity index (χ3v) is 3.09. The molecule has 86 valence electrons. The van der Waals surface area contributed by atoms with E-state index in [1.807, 2.05) is 0 Å². The third-order valence-electron chi connectivity index (χ3n) is 3.09. The van der Waals surface area contributed by atoms with Crippen molar-refractivity contribution in [2.45, 2.75) is 12.8 Å². The lowest BCUT2D eigenvalue weighted by atomic mass is 9.94. The number of fused-ring (bicyclic) bond motifs is 1. The first-order valence-electron chi connectivity index (χ1n) is 5.78. The molecule has 2 aliphatic rings. The summed E-state index contributed by atoms with van der Waals surface area (Å²) in [5.74, 6) is 0.434. The second-order valence-corrected chi connectivity index (χ2v) is 4.50. The number of allylic oxidation sites excluding steroid dienone is 2. The molecule has 1 fully saturated rings. The molecule has 0 heterocycles. The van der Waals surface area contributed by atoms with Gasteiger partial charge in [0.05, 0.1) is 6.61 Å². The number of Topliss-reactive ketones (excluding diaryl/α,β-unsaturated/α-hetero) is 1. The Labute approximate surface area is 99.1 Å². The van der Waals surface area contributed by atoms with E-state index in [1.165, 1.54) is 6.08 Å². The van der Waals surface area contributed by atoms with Crippen LogP contribution >= 0.6 is 0 Å². The molecule has 1 aromatic rings. The zero-order valence-electron chi connectivity index (χ0n) is 9.31. The van der Waals surface area contributed by atoms with E-state index in [0.29, 0.717) is 23.7 Å². The Morgan fingerprint density at radius 2 is 1.82 bits per heavy atom. The second kappa shape index (κ2) is 3.84. The van der Waals surface area contributed by atoms with Crippen LogP contribution in [0.5, 0.6) is 0 Å². The van der Waals surface area contributed by atoms with Crippen LogP contribution in [-0.2, 0) is 4.74 Å². The molecule has 17 heavy (non-hydrogen) atoms. The van der Waals surface area contributed by atoms with E-state index in [2.05, 4.69) is 0 Å². The molecule has 0 spiro atoms. The molecule has 1 aromatic carbocycles. The highest BCUT2D eigenvalue weighted by Crippen LogP contribution is 2.30. The van der Waals surface area contributed by atoms with Crippen LogP contribution in [-0.4, -0.2) is 18.2 Å². The van der Waals surface area contributed by atoms with Gasteiger partial charge in [0.2, 0.25) is 5.78 Å². The van der Waals surface area contributed by atoms with Gasteiger partial charge in [-0.15, -0.1) is 0 Å². The van der Waals surface area contributed by atoms with Gasteiger partial charge in [0.15, 0.2) is 11.5 Å². The Morgan fingerprint density at radius 1 is 1.12 bits per heavy atom. The average Bonchev–Trinajstić information content (AvgIpc) is 3.16. The number of hydrogen-bond donors (Lipinski definition) is 0. The van der Waals surface area contributed by atoms with E-state index < -0.39 is 0 Å². The summed E-state index contributed by atoms with van der Waals surface area (Å²) in [6.45, 7) is 0.549. The molecule has 0 amide bonds. The van der Waals surface area contributed by atoms with E-state index in [1.54, 1.807) is 24.3 Å². The molecule has 1 saturated carbocycles. The lowest BCUT2D eigenvalue weighted by Gasteiger charge is -2.15. The summed E-state index contributed by atoms with van der Waals surface area (Å²) < 4.78 is 5.44. The fourth-order valence-corrected chi connectivity index (χ4v) is 1.89. The van der Waals surface area contributed by atoms with E-state index >= 15 is 0 Å². The Morgan fingerprint density at radius 3 is 2.53 bits per heavy atom. The van der Waals surface area contributed by atoms with Crippen LogP contribution in [0.3, 0.4) is 0 Å². The third kappa shape index (κ3) is 1.88. The fraction of sp³-hybridized carbons (Fsp3) is 0.286. The largest absolute Gasteiger partial charge is 0.489 e. The molecule has 0 unspecified atom stereocenters. The van der Waals surface area contributed by atoms with Crippen molar-refractivity contribution < 1.29 is 14.3 Å². The molecule has 0 bridgehead atoms. The molecule has 0 atom stereocenters. The molecule has 0 saturated heterocycles. The quantitative estimate of drug-likeness (QED) is 0.797. The van der Waals surface area contributed by atoms with E-state index in [0.717, 1.165) is 12.8 Å². The van der Waals surface area contributed by atoms with Crippen molar-refractivity contribution in [3.8, 4) is 0 Å². The van der Waals surface area contributed by atoms with E-state index in [4.69, 9.17) is 4.74 Å². The Balaban J connectivity index is 1.87. The highest BCUT2D eigenvalue weighted by Gasteiger charge is 2.28. The van der Waals surface area contributed by atoms with Gasteiger partial charge in [0, 0.05) is 17.2 Å². The maximum absolute atomic E-state index is 12.0. The Bertz CT molecular complexity index is 524. The predicted molar refractivity (Wildman–Crippen MR) is 61.9 cm³/mol. The zero-order chi connectivity index (χ0) is 11.8. The standard InChI is InChI=1S/C14H12O3/c15-12-7-13(17-8-9-5-6-9)14(16)11-4-2-1-3-10(11)12/h1-4,7,9H,5-6,8H2. The number of ether oxygens (including phenoxy) is 1. The van der Waals surface area contributed by atoms with Crippen LogP contribution in [0.2, 0.25) is 0 Å². The van der Waals surface area contributed by atoms with Crippen molar-refractivity contribution in [3.05, 3.63) is 47.2 Å². The van der Waals surface area contributed by atoms with Gasteiger partial charge in [-0.1, -0.05) is 24.3 Å². The van der Waals surface area contributed by atoms with Crippen LogP contribution in [0.1, 0.15) is 33.6 Å². The molecule has 0 aromatic heterocycles. The van der Waals surface area contributed by atoms with Gasteiger partial charge in [0.1, 0.15) is 0 Å². The Kier molecular flexibility index (Phi) is 2.32. The van der Waals surface area contributed by atoms with Crippen molar-refractivity contribution in [1.82, 2.24) is 0 Å². The highest BCUT2D eigenvalue weighted by molar-refractivity contribution is 6.23. The topological polar surface area (TPSA) is 43.4 Å². The maximum Gasteiger partial charge on any atom is 0.228 e. The highest BCUT2D eigenvalue weighted by atomic mass is 16.5. The van der Waals surface area contributed by atoms with Crippen molar-refractivity contribution in [1.29, 1.82) is 0 Å². The van der Waals surface area contributed by atoms with Gasteiger partial charge in [-0.3, -0.25) is 9.59 Å². The van der Waals surface area contributed by atoms with Gasteiger partial charge >= 0.3 is 0 Å². The molecule has 3 heteroatoms. The SMILES string of the molecule is O=C1C=C(OCC2CC2)C(=O)c2ccccc21. The summed E-state index contributed by atoms with van der Waals surface area (Å²) in [4.78, 5) is 23.8. The average molecular weight is 228 g/mol. The van der Waals surface area contributed by atoms with E-state index in [-0.39, 0.29) is 17.3 Å². The number of hydrogen-bond acceptors (Lipinski definition) is 3. The summed E-state index contributed by atoms with van der Waals surface area (Å²) in [6.07, 6.45) is 3.63. The smallest absolute Gasteiger partial charge is 0.228 e. The molecule has 0 aliphatic heterocycles. The maximum atomic E-state index is 12.0. The lowest BCUT2D eigenvalue weighted by Crippen LogP contribution is -2.19. The number of rotatable bonds is 3. The van der Waals surface area contributed by atoms with Gasteiger partial charge in [0.25, 0.3) is 0 Å². The summed E-state index contributed by atoms with van der Waals surface area (Å²) in [5.41, 5.74) is 0.919. The molecule has 0 radical (unpaired) electrons. The van der Waals surface area contributed by atoms with Gasteiger partial charge in [-0.05, 0) is 18.8 Å². The van der Waals surface area contributed by atoms with Crippen LogP contribution < -0.4 is 0 Å². The van der Waals surface area contributed by atoms with Crippen LogP contribution in [0.15, 0.2) is 36.1 Å². The molecular formula is C14H12O3. The van der Waals surface area contributed by atoms with Crippen LogP contribution in [0.25, 0.3) is 0 Å². The number of carbonyl (C=O) groups excluding carboxylic acids is 2. The van der Waals surface area contributed by atoms with Crippen molar-refractivity contribution in [2.75, 3.05) is 6.61 Å². The first-order valence-corrected chi connectivity index (χ1v) is 5.78. The summed E-state index contributed by atoms with van der Waals surface area (Å²) in [7, 11) is 0. The molecule has 3 rings (SSSR count). The molecule has 0 N–H and O–H groups in total. The van der Waals surface area contributed by atoms with Gasteiger partial charge in [-0.2, -0.15) is 0 Å². The summed E-state index contributed by atoms with van der Waals surface area (Å²) >= 11 is 0. The fourth-order valence-electron chi connectivity index (χ4n) is 1.89. The number of ketones is 2. The van der Waals surface area contributed by atoms with Crippen LogP contribution in [0, 0.1) is 5.92 Å². The van der Waals surface area contributed by atoms with E-state index in [9.17, 15) is 9.59 Å². The normalized spacial score (nSPS) is 18.7. The minimum atomic E-state index is -0.180. The van der Waals surface area contributed by atoms with Crippen molar-refractivity contribution >= 4 is 11.6 Å². The zero-order valence-corrected chi connectivity index (χ0v) is 9.31. The Hall–Kier alpha value is -1.90. The minimum Gasteiger partial charge on any atom is -0.489 e. The number of carbonyl (C=O) groups is 2. The van der Waals surface area contributed by atoms with Crippen molar-refractivity contribution in [3.63, 3.8) is 0 Å². The predicted octanol–water partition coefficient (Wildman–Crippen LogP) is 2.38. The van der Waals surface area contributed by atoms with Gasteiger partial charge < -0.3 is 4.74 Å². The van der Waals surface area contributed by atoms with Gasteiger partial charge in [-0.25, -0.2) is 0 Å². The van der Waals surface area contributed by atoms with Crippen molar-refractivity contribution in [2.24, 2.45) is 5.92 Å². The molecule has 3 nitrogen and oxygen atoms in total. The lowest BCUT2D eigenvalue weighted by molar-refractivity contribution is 0.0875. The summed E-state index contributed by atoms with van der Waals surface area (Å²) in [5, 5.41) is 0. The molecule has 2 aliphatic carbocycles. The van der Waals surface area contributed by atoms with Crippen LogP contribution in [0.4, 0.5) is 0 Å².